The van der Waals surface area contributed by atoms with Gasteiger partial charge in [0.2, 0.25) is 5.91 Å². The summed E-state index contributed by atoms with van der Waals surface area (Å²) in [6, 6.07) is -0.825. The number of esters is 1. The van der Waals surface area contributed by atoms with Crippen LogP contribution < -0.4 is 5.32 Å². The number of hydrogen-bond donors (Lipinski definition) is 6. The van der Waals surface area contributed by atoms with Crippen molar-refractivity contribution in [3.63, 3.8) is 0 Å². The van der Waals surface area contributed by atoms with Gasteiger partial charge in [0, 0.05) is 12.8 Å². The van der Waals surface area contributed by atoms with E-state index in [9.17, 15) is 35.1 Å². The molecule has 0 aliphatic carbocycles. The molecule has 0 aromatic carbocycles. The first-order chi connectivity index (χ1) is 45.2. The number of aliphatic hydroxyl groups is 5. The van der Waals surface area contributed by atoms with Gasteiger partial charge in [0.25, 0.3) is 0 Å². The Morgan fingerprint density at radius 1 is 0.402 bits per heavy atom. The molecule has 1 heterocycles. The molecule has 7 atom stereocenters. The Morgan fingerprint density at radius 3 is 1.15 bits per heavy atom. The van der Waals surface area contributed by atoms with Gasteiger partial charge in [-0.3, -0.25) is 9.59 Å². The van der Waals surface area contributed by atoms with Gasteiger partial charge in [-0.2, -0.15) is 0 Å². The van der Waals surface area contributed by atoms with E-state index in [0.29, 0.717) is 19.4 Å². The maximum atomic E-state index is 13.0. The zero-order chi connectivity index (χ0) is 66.5. The van der Waals surface area contributed by atoms with Crippen molar-refractivity contribution >= 4 is 11.9 Å². The smallest absolute Gasteiger partial charge is 0.305 e. The number of carbonyl (C=O) groups excluding carboxylic acids is 2. The highest BCUT2D eigenvalue weighted by molar-refractivity contribution is 5.76. The van der Waals surface area contributed by atoms with Crippen molar-refractivity contribution in [3.05, 3.63) is 48.6 Å². The van der Waals surface area contributed by atoms with Gasteiger partial charge in [0.05, 0.1) is 32.0 Å². The van der Waals surface area contributed by atoms with Crippen LogP contribution in [0.15, 0.2) is 48.6 Å². The predicted octanol–water partition coefficient (Wildman–Crippen LogP) is 21.5. The Bertz CT molecular complexity index is 1670. The van der Waals surface area contributed by atoms with E-state index in [1.54, 1.807) is 6.08 Å². The number of ether oxygens (including phenoxy) is 3. The minimum Gasteiger partial charge on any atom is -0.466 e. The molecule has 0 aromatic heterocycles. The van der Waals surface area contributed by atoms with Gasteiger partial charge in [0.15, 0.2) is 6.29 Å². The molecular weight excluding hydrogens is 1150 g/mol. The molecular formula is C81H151NO10. The highest BCUT2D eigenvalue weighted by atomic mass is 16.7. The molecule has 0 aromatic rings. The van der Waals surface area contributed by atoms with E-state index in [4.69, 9.17) is 14.2 Å². The quantitative estimate of drug-likeness (QED) is 0.0195. The van der Waals surface area contributed by atoms with E-state index < -0.39 is 49.5 Å². The summed E-state index contributed by atoms with van der Waals surface area (Å²) in [7, 11) is 0. The Balaban J connectivity index is 1.88. The molecule has 0 spiro atoms. The number of aliphatic hydroxyl groups excluding tert-OH is 5. The average molecular weight is 1300 g/mol. The third kappa shape index (κ3) is 57.8. The fourth-order valence-electron chi connectivity index (χ4n) is 12.7. The second-order valence-corrected chi connectivity index (χ2v) is 27.8. The predicted molar refractivity (Wildman–Crippen MR) is 389 cm³/mol. The van der Waals surface area contributed by atoms with Gasteiger partial charge >= 0.3 is 5.97 Å². The molecule has 7 unspecified atom stereocenters. The van der Waals surface area contributed by atoms with Gasteiger partial charge in [-0.15, -0.1) is 0 Å². The summed E-state index contributed by atoms with van der Waals surface area (Å²) in [5.41, 5.74) is 0. The van der Waals surface area contributed by atoms with Crippen molar-refractivity contribution in [2.24, 2.45) is 0 Å². The third-order valence-electron chi connectivity index (χ3n) is 18.9. The van der Waals surface area contributed by atoms with Gasteiger partial charge in [-0.25, -0.2) is 0 Å². The zero-order valence-electron chi connectivity index (χ0n) is 60.3. The summed E-state index contributed by atoms with van der Waals surface area (Å²) in [6.45, 7) is 4.34. The molecule has 1 fully saturated rings. The van der Waals surface area contributed by atoms with Crippen molar-refractivity contribution in [1.29, 1.82) is 0 Å². The van der Waals surface area contributed by atoms with Crippen LogP contribution in [0.3, 0.4) is 0 Å². The number of amides is 1. The Hall–Kier alpha value is -2.38. The van der Waals surface area contributed by atoms with Crippen molar-refractivity contribution in [1.82, 2.24) is 5.32 Å². The van der Waals surface area contributed by atoms with E-state index in [1.165, 1.54) is 308 Å². The summed E-state index contributed by atoms with van der Waals surface area (Å²) in [6.07, 6.45) is 83.1. The first-order valence-corrected chi connectivity index (χ1v) is 39.9. The molecule has 6 N–H and O–H groups in total. The van der Waals surface area contributed by atoms with Gasteiger partial charge in [-0.05, 0) is 77.0 Å². The van der Waals surface area contributed by atoms with E-state index in [0.717, 1.165) is 57.8 Å². The number of unbranched alkanes of at least 4 members (excludes halogenated alkanes) is 51. The van der Waals surface area contributed by atoms with Crippen LogP contribution in [-0.2, 0) is 23.8 Å². The molecule has 0 radical (unpaired) electrons. The second kappa shape index (κ2) is 70.0. The number of carbonyl (C=O) groups is 2. The fraction of sp³-hybridized carbons (Fsp3) is 0.877. The normalized spacial score (nSPS) is 17.8. The lowest BCUT2D eigenvalue weighted by atomic mass is 9.99. The monoisotopic (exact) mass is 1300 g/mol. The molecule has 1 aliphatic heterocycles. The lowest BCUT2D eigenvalue weighted by Gasteiger charge is -2.40. The van der Waals surface area contributed by atoms with Gasteiger partial charge in [-0.1, -0.05) is 351 Å². The number of nitrogens with one attached hydrogen (secondary N) is 1. The van der Waals surface area contributed by atoms with E-state index in [-0.39, 0.29) is 18.5 Å². The van der Waals surface area contributed by atoms with Crippen LogP contribution in [-0.4, -0.2) is 100 Å². The van der Waals surface area contributed by atoms with Gasteiger partial charge < -0.3 is 45.1 Å². The van der Waals surface area contributed by atoms with Gasteiger partial charge in [0.1, 0.15) is 24.4 Å². The topological polar surface area (TPSA) is 175 Å². The molecule has 0 bridgehead atoms. The maximum absolute atomic E-state index is 13.0. The summed E-state index contributed by atoms with van der Waals surface area (Å²) >= 11 is 0. The zero-order valence-corrected chi connectivity index (χ0v) is 60.3. The summed E-state index contributed by atoms with van der Waals surface area (Å²) in [5.74, 6) is -0.173. The number of rotatable bonds is 71. The molecule has 11 heteroatoms. The first-order valence-electron chi connectivity index (χ1n) is 39.9. The lowest BCUT2D eigenvalue weighted by Crippen LogP contribution is -2.60. The van der Waals surface area contributed by atoms with Crippen LogP contribution in [0.5, 0.6) is 0 Å². The van der Waals surface area contributed by atoms with E-state index in [2.05, 4.69) is 55.6 Å². The summed E-state index contributed by atoms with van der Waals surface area (Å²) < 4.78 is 16.7. The minimum atomic E-state index is -1.57. The van der Waals surface area contributed by atoms with E-state index >= 15 is 0 Å². The minimum absolute atomic E-state index is 0.0169. The van der Waals surface area contributed by atoms with Crippen LogP contribution in [0.1, 0.15) is 393 Å². The van der Waals surface area contributed by atoms with Crippen molar-refractivity contribution < 1.29 is 49.3 Å². The average Bonchev–Trinajstić information content (AvgIpc) is 1.01. The summed E-state index contributed by atoms with van der Waals surface area (Å²) in [4.78, 5) is 25.2. The van der Waals surface area contributed by atoms with Crippen molar-refractivity contribution in [2.45, 2.75) is 436 Å². The van der Waals surface area contributed by atoms with Crippen molar-refractivity contribution in [2.75, 3.05) is 19.8 Å². The highest BCUT2D eigenvalue weighted by Crippen LogP contribution is 2.24. The molecule has 11 nitrogen and oxygen atoms in total. The van der Waals surface area contributed by atoms with Crippen LogP contribution >= 0.6 is 0 Å². The molecule has 1 rings (SSSR count). The Morgan fingerprint density at radius 2 is 0.739 bits per heavy atom. The van der Waals surface area contributed by atoms with E-state index in [1.807, 2.05) is 6.08 Å². The summed E-state index contributed by atoms with van der Waals surface area (Å²) in [5, 5.41) is 54.4. The molecule has 1 amide bonds. The molecule has 1 saturated heterocycles. The van der Waals surface area contributed by atoms with Crippen LogP contribution in [0.4, 0.5) is 0 Å². The lowest BCUT2D eigenvalue weighted by molar-refractivity contribution is -0.302. The van der Waals surface area contributed by atoms with Crippen LogP contribution in [0, 0.1) is 0 Å². The van der Waals surface area contributed by atoms with Crippen molar-refractivity contribution in [3.8, 4) is 0 Å². The van der Waals surface area contributed by atoms with Crippen LogP contribution in [0.2, 0.25) is 0 Å². The Labute approximate surface area is 567 Å². The number of hydrogen-bond acceptors (Lipinski definition) is 10. The largest absolute Gasteiger partial charge is 0.466 e. The molecule has 1 aliphatic rings. The molecule has 0 saturated carbocycles. The standard InChI is InChI=1S/C81H151NO10/c1-3-5-7-9-11-13-15-16-17-39-43-46-49-53-57-61-65-69-77(86)90-70-66-62-58-54-50-47-44-41-38-36-34-32-30-28-26-24-22-20-18-19-21-23-25-27-29-31-33-35-37-40-42-45-48-52-56-60-64-68-76(85)82-73(72-91-81-80(89)79(88)78(87)75(71-83)92-81)74(84)67-63-59-55-51-14-12-10-8-6-4-2/h14,18,20,24,26,51,63,67,73-75,78-81,83-84,87-89H,3-13,15-17,19,21-23,25,27-50,52-62,64-66,68-72H2,1-2H3,(H,82,85)/b20-18-,26-24-,51-14+,67-63+. The SMILES string of the molecule is CCCCCC/C=C/CC/C=C/C(O)C(COC1OC(CO)C(O)C(O)C1O)NC(=O)CCCCCCCCCCCCCCCCCCC/C=C\C/C=C\CCCCCCCCCCCCCCCOC(=O)CCCCCCCCCCCCCCCCCCC. The maximum Gasteiger partial charge on any atom is 0.305 e. The third-order valence-corrected chi connectivity index (χ3v) is 18.9. The first kappa shape index (κ1) is 87.6. The van der Waals surface area contributed by atoms with Crippen LogP contribution in [0.25, 0.3) is 0 Å². The highest BCUT2D eigenvalue weighted by Gasteiger charge is 2.44. The molecule has 92 heavy (non-hydrogen) atoms. The Kier molecular flexibility index (Phi) is 66.6. The fourth-order valence-corrected chi connectivity index (χ4v) is 12.7. The number of allylic oxidation sites excluding steroid dienone is 7. The second-order valence-electron chi connectivity index (χ2n) is 27.8. The molecule has 540 valence electrons.